The standard InChI is InChI=1S/C12H23N3O2/c1-4-6-14-7-8-15(12(14)16)9-11(10-17-3)13-5-2/h7-8,11,13H,4-6,9-10H2,1-3H3. The van der Waals surface area contributed by atoms with E-state index in [1.165, 1.54) is 0 Å². The van der Waals surface area contributed by atoms with E-state index in [-0.39, 0.29) is 11.7 Å². The zero-order valence-electron chi connectivity index (χ0n) is 11.0. The minimum Gasteiger partial charge on any atom is -0.383 e. The highest BCUT2D eigenvalue weighted by molar-refractivity contribution is 4.83. The summed E-state index contributed by atoms with van der Waals surface area (Å²) >= 11 is 0. The second-order valence-electron chi connectivity index (χ2n) is 4.14. The van der Waals surface area contributed by atoms with Crippen LogP contribution in [0, 0.1) is 0 Å². The lowest BCUT2D eigenvalue weighted by Gasteiger charge is -2.16. The fraction of sp³-hybridized carbons (Fsp3) is 0.750. The van der Waals surface area contributed by atoms with Crippen LogP contribution in [0.2, 0.25) is 0 Å². The van der Waals surface area contributed by atoms with Crippen LogP contribution in [0.4, 0.5) is 0 Å². The average molecular weight is 241 g/mol. The Hall–Kier alpha value is -1.07. The van der Waals surface area contributed by atoms with Crippen molar-refractivity contribution in [1.29, 1.82) is 0 Å². The Kier molecular flexibility index (Phi) is 6.00. The van der Waals surface area contributed by atoms with Gasteiger partial charge in [-0.25, -0.2) is 4.79 Å². The van der Waals surface area contributed by atoms with E-state index in [9.17, 15) is 4.79 Å². The van der Waals surface area contributed by atoms with Crippen LogP contribution in [-0.2, 0) is 17.8 Å². The van der Waals surface area contributed by atoms with Crippen molar-refractivity contribution in [3.8, 4) is 0 Å². The lowest BCUT2D eigenvalue weighted by Crippen LogP contribution is -2.39. The van der Waals surface area contributed by atoms with Gasteiger partial charge in [0.05, 0.1) is 6.61 Å². The fourth-order valence-electron chi connectivity index (χ4n) is 1.91. The molecule has 0 aliphatic heterocycles. The van der Waals surface area contributed by atoms with E-state index in [1.54, 1.807) is 16.2 Å². The molecule has 1 N–H and O–H groups in total. The summed E-state index contributed by atoms with van der Waals surface area (Å²) in [4.78, 5) is 12.0. The minimum absolute atomic E-state index is 0.0610. The van der Waals surface area contributed by atoms with Gasteiger partial charge in [-0.05, 0) is 13.0 Å². The third kappa shape index (κ3) is 4.02. The largest absolute Gasteiger partial charge is 0.383 e. The Morgan fingerprint density at radius 2 is 2.06 bits per heavy atom. The van der Waals surface area contributed by atoms with Gasteiger partial charge in [0.2, 0.25) is 0 Å². The smallest absolute Gasteiger partial charge is 0.328 e. The number of imidazole rings is 1. The predicted molar refractivity (Wildman–Crippen MR) is 68.3 cm³/mol. The lowest BCUT2D eigenvalue weighted by atomic mass is 10.3. The number of aryl methyl sites for hydroxylation is 1. The first-order valence-electron chi connectivity index (χ1n) is 6.20. The molecule has 17 heavy (non-hydrogen) atoms. The molecule has 5 nitrogen and oxygen atoms in total. The molecule has 0 amide bonds. The number of hydrogen-bond acceptors (Lipinski definition) is 3. The van der Waals surface area contributed by atoms with E-state index >= 15 is 0 Å². The van der Waals surface area contributed by atoms with Crippen molar-refractivity contribution in [2.45, 2.75) is 39.4 Å². The van der Waals surface area contributed by atoms with Gasteiger partial charge in [0.15, 0.2) is 0 Å². The predicted octanol–water partition coefficient (Wildman–Crippen LogP) is 0.684. The highest BCUT2D eigenvalue weighted by atomic mass is 16.5. The molecule has 0 saturated heterocycles. The Balaban J connectivity index is 2.68. The van der Waals surface area contributed by atoms with Crippen molar-refractivity contribution in [2.24, 2.45) is 0 Å². The maximum Gasteiger partial charge on any atom is 0.328 e. The van der Waals surface area contributed by atoms with Gasteiger partial charge >= 0.3 is 5.69 Å². The maximum atomic E-state index is 12.0. The van der Waals surface area contributed by atoms with Crippen LogP contribution in [-0.4, -0.2) is 35.4 Å². The molecule has 5 heteroatoms. The van der Waals surface area contributed by atoms with E-state index in [0.29, 0.717) is 13.2 Å². The topological polar surface area (TPSA) is 48.2 Å². The van der Waals surface area contributed by atoms with Crippen molar-refractivity contribution in [3.05, 3.63) is 22.9 Å². The zero-order chi connectivity index (χ0) is 12.7. The van der Waals surface area contributed by atoms with Crippen molar-refractivity contribution in [3.63, 3.8) is 0 Å². The zero-order valence-corrected chi connectivity index (χ0v) is 11.0. The molecule has 0 aliphatic rings. The quantitative estimate of drug-likeness (QED) is 0.728. The van der Waals surface area contributed by atoms with Crippen LogP contribution >= 0.6 is 0 Å². The van der Waals surface area contributed by atoms with E-state index < -0.39 is 0 Å². The van der Waals surface area contributed by atoms with Crippen molar-refractivity contribution >= 4 is 0 Å². The number of nitrogens with zero attached hydrogens (tertiary/aromatic N) is 2. The number of methoxy groups -OCH3 is 1. The van der Waals surface area contributed by atoms with E-state index in [2.05, 4.69) is 12.2 Å². The molecule has 0 bridgehead atoms. The maximum absolute atomic E-state index is 12.0. The molecular formula is C12H23N3O2. The molecule has 0 spiro atoms. The van der Waals surface area contributed by atoms with Crippen molar-refractivity contribution < 1.29 is 4.74 Å². The molecule has 1 atom stereocenters. The van der Waals surface area contributed by atoms with E-state index in [1.807, 2.05) is 19.3 Å². The molecule has 0 radical (unpaired) electrons. The number of likely N-dealkylation sites (N-methyl/N-ethyl adjacent to an activating group) is 1. The van der Waals surface area contributed by atoms with Gasteiger partial charge in [0, 0.05) is 38.6 Å². The number of nitrogens with one attached hydrogen (secondary N) is 1. The molecule has 1 unspecified atom stereocenters. The first-order valence-corrected chi connectivity index (χ1v) is 6.20. The van der Waals surface area contributed by atoms with Crippen LogP contribution in [0.3, 0.4) is 0 Å². The highest BCUT2D eigenvalue weighted by Gasteiger charge is 2.10. The van der Waals surface area contributed by atoms with Gasteiger partial charge in [0.25, 0.3) is 0 Å². The molecule has 0 saturated carbocycles. The highest BCUT2D eigenvalue weighted by Crippen LogP contribution is 1.93. The van der Waals surface area contributed by atoms with Crippen molar-refractivity contribution in [2.75, 3.05) is 20.3 Å². The molecule has 1 heterocycles. The number of aromatic nitrogens is 2. The van der Waals surface area contributed by atoms with E-state index in [0.717, 1.165) is 19.5 Å². The van der Waals surface area contributed by atoms with E-state index in [4.69, 9.17) is 4.74 Å². The van der Waals surface area contributed by atoms with Gasteiger partial charge in [-0.1, -0.05) is 13.8 Å². The Morgan fingerprint density at radius 1 is 1.35 bits per heavy atom. The Morgan fingerprint density at radius 3 is 2.65 bits per heavy atom. The van der Waals surface area contributed by atoms with Gasteiger partial charge in [-0.15, -0.1) is 0 Å². The second kappa shape index (κ2) is 7.29. The molecule has 1 aromatic rings. The van der Waals surface area contributed by atoms with Gasteiger partial charge in [-0.3, -0.25) is 9.13 Å². The van der Waals surface area contributed by atoms with Crippen LogP contribution < -0.4 is 11.0 Å². The third-order valence-electron chi connectivity index (χ3n) is 2.66. The molecule has 1 aromatic heterocycles. The summed E-state index contributed by atoms with van der Waals surface area (Å²) in [6.45, 7) is 7.03. The molecule has 1 rings (SSSR count). The van der Waals surface area contributed by atoms with Crippen molar-refractivity contribution in [1.82, 2.24) is 14.5 Å². The molecule has 0 aromatic carbocycles. The van der Waals surface area contributed by atoms with Gasteiger partial charge in [0.1, 0.15) is 0 Å². The molecular weight excluding hydrogens is 218 g/mol. The summed E-state index contributed by atoms with van der Waals surface area (Å²) in [7, 11) is 1.68. The average Bonchev–Trinajstić information content (AvgIpc) is 2.63. The Bertz CT molecular complexity index is 364. The van der Waals surface area contributed by atoms with Gasteiger partial charge < -0.3 is 10.1 Å². The number of ether oxygens (including phenoxy) is 1. The van der Waals surface area contributed by atoms with Crippen LogP contribution in [0.25, 0.3) is 0 Å². The normalized spacial score (nSPS) is 12.9. The minimum atomic E-state index is 0.0610. The first-order chi connectivity index (χ1) is 8.22. The summed E-state index contributed by atoms with van der Waals surface area (Å²) in [6, 6.07) is 0.181. The lowest BCUT2D eigenvalue weighted by molar-refractivity contribution is 0.159. The SMILES string of the molecule is CCCn1ccn(CC(COC)NCC)c1=O. The molecule has 0 fully saturated rings. The van der Waals surface area contributed by atoms with Crippen LogP contribution in [0.5, 0.6) is 0 Å². The number of hydrogen-bond donors (Lipinski definition) is 1. The monoisotopic (exact) mass is 241 g/mol. The molecule has 0 aliphatic carbocycles. The van der Waals surface area contributed by atoms with Crippen LogP contribution in [0.1, 0.15) is 20.3 Å². The number of rotatable bonds is 8. The first kappa shape index (κ1) is 14.0. The summed E-state index contributed by atoms with van der Waals surface area (Å²) in [5.74, 6) is 0. The molecule has 98 valence electrons. The van der Waals surface area contributed by atoms with Crippen LogP contribution in [0.15, 0.2) is 17.2 Å². The van der Waals surface area contributed by atoms with Gasteiger partial charge in [-0.2, -0.15) is 0 Å². The summed E-state index contributed by atoms with van der Waals surface area (Å²) in [5.41, 5.74) is 0.0610. The summed E-state index contributed by atoms with van der Waals surface area (Å²) in [6.07, 6.45) is 4.66. The second-order valence-corrected chi connectivity index (χ2v) is 4.14. The third-order valence-corrected chi connectivity index (χ3v) is 2.66. The fourth-order valence-corrected chi connectivity index (χ4v) is 1.91. The Labute approximate surface area is 102 Å². The summed E-state index contributed by atoms with van der Waals surface area (Å²) < 4.78 is 8.62. The summed E-state index contributed by atoms with van der Waals surface area (Å²) in [5, 5.41) is 3.31.